The highest BCUT2D eigenvalue weighted by Crippen LogP contribution is 2.45. The van der Waals surface area contributed by atoms with Crippen LogP contribution >= 0.6 is 0 Å². The predicted octanol–water partition coefficient (Wildman–Crippen LogP) is 5.35. The number of unbranched alkanes of at least 4 members (excludes halogenated alkanes) is 1. The number of hydrogen-bond acceptors (Lipinski definition) is 3. The van der Waals surface area contributed by atoms with Crippen LogP contribution in [0, 0.1) is 23.7 Å². The summed E-state index contributed by atoms with van der Waals surface area (Å²) >= 11 is 0. The Morgan fingerprint density at radius 2 is 2.00 bits per heavy atom. The minimum absolute atomic E-state index is 0.0536. The third kappa shape index (κ3) is 7.28. The maximum Gasteiger partial charge on any atom is 0.394 e. The number of carboxylic acids is 1. The van der Waals surface area contributed by atoms with Crippen molar-refractivity contribution in [1.82, 2.24) is 0 Å². The van der Waals surface area contributed by atoms with E-state index in [1.807, 2.05) is 13.8 Å². The van der Waals surface area contributed by atoms with E-state index in [-0.39, 0.29) is 42.8 Å². The third-order valence-electron chi connectivity index (χ3n) is 6.48. The largest absolute Gasteiger partial charge is 0.481 e. The third-order valence-corrected chi connectivity index (χ3v) is 6.48. The molecule has 1 heterocycles. The van der Waals surface area contributed by atoms with E-state index in [4.69, 9.17) is 9.84 Å². The van der Waals surface area contributed by atoms with Gasteiger partial charge < -0.3 is 14.9 Å². The molecule has 0 bridgehead atoms. The molecule has 0 aromatic heterocycles. The molecule has 1 aliphatic carbocycles. The van der Waals surface area contributed by atoms with E-state index in [1.54, 1.807) is 6.08 Å². The molecule has 0 radical (unpaired) electrons. The predicted molar refractivity (Wildman–Crippen MR) is 104 cm³/mol. The molecule has 7 atom stereocenters. The van der Waals surface area contributed by atoms with Crippen molar-refractivity contribution in [2.24, 2.45) is 23.7 Å². The number of aliphatic hydroxyl groups is 1. The molecular formula is C22H35F3O4. The number of hydrogen-bond donors (Lipinski definition) is 2. The summed E-state index contributed by atoms with van der Waals surface area (Å²) in [6.07, 6.45) is 2.86. The van der Waals surface area contributed by atoms with Crippen molar-refractivity contribution >= 4 is 5.97 Å². The molecule has 0 aromatic carbocycles. The van der Waals surface area contributed by atoms with Crippen LogP contribution in [0.5, 0.6) is 0 Å². The lowest BCUT2D eigenvalue weighted by molar-refractivity contribution is -0.195. The second-order valence-corrected chi connectivity index (χ2v) is 8.88. The number of carbonyl (C=O) groups is 1. The van der Waals surface area contributed by atoms with E-state index in [0.29, 0.717) is 12.8 Å². The van der Waals surface area contributed by atoms with E-state index >= 15 is 0 Å². The molecule has 1 unspecified atom stereocenters. The molecule has 4 nitrogen and oxygen atoms in total. The molecule has 0 spiro atoms. The first-order chi connectivity index (χ1) is 13.6. The molecular weight excluding hydrogens is 385 g/mol. The second kappa shape index (κ2) is 10.8. The first-order valence-electron chi connectivity index (χ1n) is 10.9. The minimum Gasteiger partial charge on any atom is -0.481 e. The summed E-state index contributed by atoms with van der Waals surface area (Å²) in [5, 5.41) is 19.0. The zero-order chi connectivity index (χ0) is 21.6. The zero-order valence-corrected chi connectivity index (χ0v) is 17.4. The molecule has 1 saturated heterocycles. The van der Waals surface area contributed by atoms with Gasteiger partial charge in [-0.1, -0.05) is 38.8 Å². The van der Waals surface area contributed by atoms with Gasteiger partial charge in [-0.2, -0.15) is 13.2 Å². The number of fused-ring (bicyclic) bond motifs is 1. The fourth-order valence-electron chi connectivity index (χ4n) is 4.80. The minimum atomic E-state index is -4.40. The van der Waals surface area contributed by atoms with Crippen LogP contribution in [-0.4, -0.2) is 40.7 Å². The van der Waals surface area contributed by atoms with Crippen molar-refractivity contribution in [2.45, 2.75) is 96.1 Å². The first-order valence-corrected chi connectivity index (χ1v) is 10.9. The fraction of sp³-hybridized carbons (Fsp3) is 0.864. The van der Waals surface area contributed by atoms with Gasteiger partial charge in [0.2, 0.25) is 0 Å². The Morgan fingerprint density at radius 3 is 2.62 bits per heavy atom. The van der Waals surface area contributed by atoms with Crippen LogP contribution in [-0.2, 0) is 9.53 Å². The van der Waals surface area contributed by atoms with Crippen LogP contribution in [0.1, 0.15) is 71.6 Å². The molecule has 1 aliphatic heterocycles. The Morgan fingerprint density at radius 1 is 1.28 bits per heavy atom. The average Bonchev–Trinajstić information content (AvgIpc) is 3.17. The van der Waals surface area contributed by atoms with Gasteiger partial charge in [0, 0.05) is 6.42 Å². The Hall–Kier alpha value is -1.08. The molecule has 7 heteroatoms. The fourth-order valence-corrected chi connectivity index (χ4v) is 4.80. The van der Waals surface area contributed by atoms with Gasteiger partial charge in [-0.3, -0.25) is 4.79 Å². The summed E-state index contributed by atoms with van der Waals surface area (Å²) in [4.78, 5) is 10.8. The van der Waals surface area contributed by atoms with Crippen molar-refractivity contribution in [1.29, 1.82) is 0 Å². The van der Waals surface area contributed by atoms with E-state index in [2.05, 4.69) is 0 Å². The lowest BCUT2D eigenvalue weighted by Crippen LogP contribution is -2.33. The van der Waals surface area contributed by atoms with Gasteiger partial charge in [0.1, 0.15) is 0 Å². The van der Waals surface area contributed by atoms with E-state index < -0.39 is 24.2 Å². The molecule has 2 aliphatic rings. The standard InChI is InChI=1S/C22H35F3O4/c1-3-4-5-18(22(23,24)25)19(26)10-7-15-8-11-20-17(15)13-16(29-20)9-6-14(2)12-21(27)28/h7,10,14-20,26H,3-6,8-9,11-13H2,1-2H3,(H,27,28)/b10-7+/t14?,15-,16-,17+,18+,19+,20-/m0/s1. The first kappa shape index (κ1) is 24.2. The number of alkyl halides is 3. The quantitative estimate of drug-likeness (QED) is 0.443. The molecule has 29 heavy (non-hydrogen) atoms. The summed E-state index contributed by atoms with van der Waals surface area (Å²) in [7, 11) is 0. The van der Waals surface area contributed by atoms with E-state index in [9.17, 15) is 23.1 Å². The molecule has 0 amide bonds. The topological polar surface area (TPSA) is 66.8 Å². The average molecular weight is 421 g/mol. The molecule has 2 fully saturated rings. The number of halogens is 3. The molecule has 0 aromatic rings. The van der Waals surface area contributed by atoms with Crippen molar-refractivity contribution in [2.75, 3.05) is 0 Å². The van der Waals surface area contributed by atoms with Gasteiger partial charge in [-0.25, -0.2) is 0 Å². The maximum atomic E-state index is 13.2. The van der Waals surface area contributed by atoms with Crippen molar-refractivity contribution in [3.05, 3.63) is 12.2 Å². The smallest absolute Gasteiger partial charge is 0.394 e. The summed E-state index contributed by atoms with van der Waals surface area (Å²) in [5.41, 5.74) is 0. The Balaban J connectivity index is 1.86. The van der Waals surface area contributed by atoms with Crippen molar-refractivity contribution < 1.29 is 32.9 Å². The summed E-state index contributed by atoms with van der Waals surface area (Å²) < 4.78 is 45.8. The molecule has 2 N–H and O–H groups in total. The number of aliphatic hydroxyl groups excluding tert-OH is 1. The number of ether oxygens (including phenoxy) is 1. The van der Waals surface area contributed by atoms with Crippen molar-refractivity contribution in [3.63, 3.8) is 0 Å². The Bertz CT molecular complexity index is 549. The van der Waals surface area contributed by atoms with Crippen LogP contribution in [0.15, 0.2) is 12.2 Å². The summed E-state index contributed by atoms with van der Waals surface area (Å²) in [6, 6.07) is 0. The molecule has 168 valence electrons. The Labute approximate surface area is 171 Å². The van der Waals surface area contributed by atoms with Crippen molar-refractivity contribution in [3.8, 4) is 0 Å². The lowest BCUT2D eigenvalue weighted by atomic mass is 9.88. The normalized spacial score (nSPS) is 30.4. The summed E-state index contributed by atoms with van der Waals surface area (Å²) in [5.74, 6) is -1.99. The molecule has 2 rings (SSSR count). The van der Waals surface area contributed by atoms with Crippen LogP contribution < -0.4 is 0 Å². The van der Waals surface area contributed by atoms with Gasteiger partial charge in [0.05, 0.1) is 24.2 Å². The number of carboxylic acid groups (broad SMARTS) is 1. The summed E-state index contributed by atoms with van der Waals surface area (Å²) in [6.45, 7) is 3.76. The van der Waals surface area contributed by atoms with Gasteiger partial charge in [0.25, 0.3) is 0 Å². The number of allylic oxidation sites excluding steroid dienone is 1. The monoisotopic (exact) mass is 420 g/mol. The van der Waals surface area contributed by atoms with Crippen LogP contribution in [0.2, 0.25) is 0 Å². The van der Waals surface area contributed by atoms with Gasteiger partial charge >= 0.3 is 12.1 Å². The highest BCUT2D eigenvalue weighted by Gasteiger charge is 2.45. The molecule has 1 saturated carbocycles. The van der Waals surface area contributed by atoms with Gasteiger partial charge in [-0.05, 0) is 56.3 Å². The second-order valence-electron chi connectivity index (χ2n) is 8.88. The number of aliphatic carboxylic acids is 1. The Kier molecular flexibility index (Phi) is 9.01. The zero-order valence-electron chi connectivity index (χ0n) is 17.4. The SMILES string of the molecule is CCCC[C@H]([C@H](O)/C=C/[C@H]1CC[C@@H]2O[C@@H](CCC(C)CC(=O)O)C[C@@H]21)C(F)(F)F. The van der Waals surface area contributed by atoms with Gasteiger partial charge in [-0.15, -0.1) is 0 Å². The highest BCUT2D eigenvalue weighted by molar-refractivity contribution is 5.66. The van der Waals surface area contributed by atoms with Gasteiger partial charge in [0.15, 0.2) is 0 Å². The highest BCUT2D eigenvalue weighted by atomic mass is 19.4. The van der Waals surface area contributed by atoms with E-state index in [0.717, 1.165) is 32.1 Å². The van der Waals surface area contributed by atoms with Crippen LogP contribution in [0.25, 0.3) is 0 Å². The van der Waals surface area contributed by atoms with E-state index in [1.165, 1.54) is 6.08 Å². The van der Waals surface area contributed by atoms with Crippen LogP contribution in [0.3, 0.4) is 0 Å². The number of rotatable bonds is 11. The lowest BCUT2D eigenvalue weighted by Gasteiger charge is -2.24. The van der Waals surface area contributed by atoms with Crippen LogP contribution in [0.4, 0.5) is 13.2 Å². The maximum absolute atomic E-state index is 13.2.